The number of methoxy groups -OCH3 is 2. The van der Waals surface area contributed by atoms with Crippen molar-refractivity contribution in [3.8, 4) is 11.5 Å². The Labute approximate surface area is 187 Å². The van der Waals surface area contributed by atoms with Gasteiger partial charge in [-0.25, -0.2) is 12.8 Å². The normalized spacial score (nSPS) is 22.0. The summed E-state index contributed by atoms with van der Waals surface area (Å²) in [6, 6.07) is 9.63. The van der Waals surface area contributed by atoms with E-state index in [1.807, 2.05) is 11.0 Å². The molecular weight excluding hydrogens is 495 g/mol. The highest BCUT2D eigenvalue weighted by atomic mass is 79.9. The minimum Gasteiger partial charge on any atom is -0.497 e. The van der Waals surface area contributed by atoms with Crippen molar-refractivity contribution in [2.75, 3.05) is 30.6 Å². The Morgan fingerprint density at radius 2 is 2.00 bits per heavy atom. The molecule has 2 aromatic carbocycles. The molecule has 1 saturated heterocycles. The van der Waals surface area contributed by atoms with Crippen LogP contribution < -0.4 is 14.4 Å². The zero-order valence-electron chi connectivity index (χ0n) is 16.3. The van der Waals surface area contributed by atoms with E-state index in [4.69, 9.17) is 14.5 Å². The Kier molecular flexibility index (Phi) is 6.00. The molecule has 0 amide bonds. The van der Waals surface area contributed by atoms with Gasteiger partial charge in [-0.05, 0) is 29.8 Å². The maximum Gasteiger partial charge on any atom is 0.164 e. The molecule has 30 heavy (non-hydrogen) atoms. The highest BCUT2D eigenvalue weighted by Crippen LogP contribution is 2.41. The number of ether oxygens (including phenoxy) is 2. The van der Waals surface area contributed by atoms with Gasteiger partial charge in [-0.2, -0.15) is 0 Å². The monoisotopic (exact) mass is 514 g/mol. The summed E-state index contributed by atoms with van der Waals surface area (Å²) in [7, 11) is -0.0501. The molecule has 2 aliphatic rings. The zero-order valence-corrected chi connectivity index (χ0v) is 19.6. The van der Waals surface area contributed by atoms with E-state index in [1.165, 1.54) is 17.8 Å². The van der Waals surface area contributed by atoms with Crippen molar-refractivity contribution in [1.29, 1.82) is 0 Å². The molecule has 10 heteroatoms. The lowest BCUT2D eigenvalue weighted by Gasteiger charge is -2.28. The summed E-state index contributed by atoms with van der Waals surface area (Å²) >= 11 is 4.64. The molecule has 4 rings (SSSR count). The van der Waals surface area contributed by atoms with Crippen LogP contribution in [0, 0.1) is 5.82 Å². The Morgan fingerprint density at radius 3 is 2.70 bits per heavy atom. The molecule has 160 valence electrons. The summed E-state index contributed by atoms with van der Waals surface area (Å²) in [5.41, 5.74) is 1.23. The Bertz CT molecular complexity index is 1110. The van der Waals surface area contributed by atoms with Crippen LogP contribution in [0.1, 0.15) is 5.56 Å². The second kappa shape index (κ2) is 8.39. The highest BCUT2D eigenvalue weighted by molar-refractivity contribution is 9.10. The second-order valence-corrected chi connectivity index (χ2v) is 11.1. The first-order valence-corrected chi connectivity index (χ1v) is 12.8. The van der Waals surface area contributed by atoms with E-state index in [0.29, 0.717) is 38.1 Å². The van der Waals surface area contributed by atoms with Crippen molar-refractivity contribution in [3.05, 3.63) is 52.3 Å². The van der Waals surface area contributed by atoms with Crippen molar-refractivity contribution < 1.29 is 22.3 Å². The van der Waals surface area contributed by atoms with E-state index in [2.05, 4.69) is 15.9 Å². The number of hydrogen-bond donors (Lipinski definition) is 0. The summed E-state index contributed by atoms with van der Waals surface area (Å²) in [6.07, 6.45) is 0. The molecule has 0 radical (unpaired) electrons. The number of fused-ring (bicyclic) bond motifs is 1. The summed E-state index contributed by atoms with van der Waals surface area (Å²) in [4.78, 5) is 6.60. The maximum atomic E-state index is 14.3. The first-order valence-electron chi connectivity index (χ1n) is 9.17. The molecule has 0 aliphatic carbocycles. The van der Waals surface area contributed by atoms with Crippen LogP contribution in [0.25, 0.3) is 0 Å². The first kappa shape index (κ1) is 21.5. The van der Waals surface area contributed by atoms with Gasteiger partial charge in [-0.3, -0.25) is 4.99 Å². The van der Waals surface area contributed by atoms with Gasteiger partial charge >= 0.3 is 0 Å². The number of aliphatic imine (C=N–C) groups is 1. The molecule has 2 aliphatic heterocycles. The predicted molar refractivity (Wildman–Crippen MR) is 121 cm³/mol. The molecule has 2 heterocycles. The Morgan fingerprint density at radius 1 is 1.20 bits per heavy atom. The maximum absolute atomic E-state index is 14.3. The van der Waals surface area contributed by atoms with Gasteiger partial charge in [0.2, 0.25) is 0 Å². The molecular formula is C20H20BrFN2O4S2. The Hall–Kier alpha value is -1.78. The van der Waals surface area contributed by atoms with Gasteiger partial charge in [0.05, 0.1) is 43.5 Å². The van der Waals surface area contributed by atoms with Crippen molar-refractivity contribution in [3.63, 3.8) is 0 Å². The molecule has 2 aromatic rings. The summed E-state index contributed by atoms with van der Waals surface area (Å²) in [5, 5.41) is 0.647. The van der Waals surface area contributed by atoms with Gasteiger partial charge in [-0.15, -0.1) is 0 Å². The fraction of sp³-hybridized carbons (Fsp3) is 0.350. The minimum atomic E-state index is -3.18. The zero-order chi connectivity index (χ0) is 21.5. The number of rotatable bonds is 5. The fourth-order valence-corrected chi connectivity index (χ4v) is 6.96. The Balaban J connectivity index is 1.69. The second-order valence-electron chi connectivity index (χ2n) is 7.06. The standard InChI is InChI=1S/C20H20BrFN2O4S2/c1-27-14-5-6-19(28-2)17(8-14)24-18-11-30(25,26)10-16(18)23-20(24)29-9-12-3-4-13(21)7-15(12)22/h3-8,16,18H,9-11H2,1-2H3. The number of amidine groups is 1. The average molecular weight is 515 g/mol. The predicted octanol–water partition coefficient (Wildman–Crippen LogP) is 3.88. The van der Waals surface area contributed by atoms with Crippen LogP contribution in [-0.2, 0) is 15.6 Å². The number of benzene rings is 2. The first-order chi connectivity index (χ1) is 14.3. The van der Waals surface area contributed by atoms with Gasteiger partial charge in [0.1, 0.15) is 17.3 Å². The molecule has 0 bridgehead atoms. The van der Waals surface area contributed by atoms with E-state index in [9.17, 15) is 12.8 Å². The lowest BCUT2D eigenvalue weighted by atomic mass is 10.1. The van der Waals surface area contributed by atoms with Crippen LogP contribution in [-0.4, -0.2) is 51.4 Å². The largest absolute Gasteiger partial charge is 0.497 e. The van der Waals surface area contributed by atoms with Crippen molar-refractivity contribution in [1.82, 2.24) is 0 Å². The van der Waals surface area contributed by atoms with Crippen molar-refractivity contribution >= 4 is 48.4 Å². The number of halogens is 2. The van der Waals surface area contributed by atoms with Gasteiger partial charge < -0.3 is 14.4 Å². The highest BCUT2D eigenvalue weighted by Gasteiger charge is 2.47. The lowest BCUT2D eigenvalue weighted by molar-refractivity contribution is 0.403. The quantitative estimate of drug-likeness (QED) is 0.602. The SMILES string of the molecule is COc1ccc(OC)c(N2C(SCc3ccc(Br)cc3F)=NC3CS(=O)(=O)CC32)c1. The number of nitrogens with zero attached hydrogens (tertiary/aromatic N) is 2. The number of thioether (sulfide) groups is 1. The van der Waals surface area contributed by atoms with Crippen LogP contribution in [0.5, 0.6) is 11.5 Å². The number of hydrogen-bond acceptors (Lipinski definition) is 7. The summed E-state index contributed by atoms with van der Waals surface area (Å²) < 4.78 is 50.3. The van der Waals surface area contributed by atoms with Crippen LogP contribution in [0.2, 0.25) is 0 Å². The van der Waals surface area contributed by atoms with Crippen LogP contribution in [0.15, 0.2) is 45.9 Å². The van der Waals surface area contributed by atoms with E-state index in [1.54, 1.807) is 38.5 Å². The van der Waals surface area contributed by atoms with Crippen LogP contribution >= 0.6 is 27.7 Å². The summed E-state index contributed by atoms with van der Waals surface area (Å²) in [6.45, 7) is 0. The third-order valence-corrected chi connectivity index (χ3v) is 8.33. The topological polar surface area (TPSA) is 68.2 Å². The van der Waals surface area contributed by atoms with Gasteiger partial charge in [0.15, 0.2) is 15.0 Å². The summed E-state index contributed by atoms with van der Waals surface area (Å²) in [5.74, 6) is 1.30. The van der Waals surface area contributed by atoms with Gasteiger partial charge in [-0.1, -0.05) is 33.8 Å². The average Bonchev–Trinajstić information content (AvgIpc) is 3.17. The van der Waals surface area contributed by atoms with E-state index < -0.39 is 9.84 Å². The van der Waals surface area contributed by atoms with Crippen molar-refractivity contribution in [2.24, 2.45) is 4.99 Å². The molecule has 0 spiro atoms. The van der Waals surface area contributed by atoms with Crippen LogP contribution in [0.3, 0.4) is 0 Å². The number of anilines is 1. The van der Waals surface area contributed by atoms with E-state index >= 15 is 0 Å². The van der Waals surface area contributed by atoms with Crippen molar-refractivity contribution in [2.45, 2.75) is 17.8 Å². The van der Waals surface area contributed by atoms with Crippen LogP contribution in [0.4, 0.5) is 10.1 Å². The third kappa shape index (κ3) is 4.17. The van der Waals surface area contributed by atoms with Gasteiger partial charge in [0.25, 0.3) is 0 Å². The van der Waals surface area contributed by atoms with E-state index in [-0.39, 0.29) is 29.4 Å². The smallest absolute Gasteiger partial charge is 0.164 e. The van der Waals surface area contributed by atoms with E-state index in [0.717, 1.165) is 0 Å². The lowest BCUT2D eigenvalue weighted by Crippen LogP contribution is -2.39. The third-order valence-electron chi connectivity index (χ3n) is 5.12. The number of sulfone groups is 1. The van der Waals surface area contributed by atoms with Gasteiger partial charge in [0, 0.05) is 16.3 Å². The molecule has 0 N–H and O–H groups in total. The molecule has 0 saturated carbocycles. The molecule has 0 aromatic heterocycles. The molecule has 2 unspecified atom stereocenters. The fourth-order valence-electron chi connectivity index (χ4n) is 3.68. The molecule has 1 fully saturated rings. The minimum absolute atomic E-state index is 0.0111. The molecule has 2 atom stereocenters. The molecule has 6 nitrogen and oxygen atoms in total.